The van der Waals surface area contributed by atoms with Crippen LogP contribution in [-0.2, 0) is 0 Å². The van der Waals surface area contributed by atoms with Crippen LogP contribution in [0.25, 0.3) is 0 Å². The highest BCUT2D eigenvalue weighted by atomic mass is 79.9. The van der Waals surface area contributed by atoms with E-state index in [9.17, 15) is 10.1 Å². The number of fused-ring (bicyclic) bond motifs is 1. The van der Waals surface area contributed by atoms with E-state index in [0.717, 1.165) is 15.6 Å². The van der Waals surface area contributed by atoms with E-state index in [1.54, 1.807) is 42.5 Å². The van der Waals surface area contributed by atoms with Gasteiger partial charge in [-0.05, 0) is 42.8 Å². The molecule has 3 aromatic rings. The fourth-order valence-corrected chi connectivity index (χ4v) is 3.84. The van der Waals surface area contributed by atoms with Gasteiger partial charge in [-0.25, -0.2) is 4.79 Å². The number of rotatable bonds is 5. The third-order valence-electron chi connectivity index (χ3n) is 5.01. The van der Waals surface area contributed by atoms with Gasteiger partial charge in [-0.1, -0.05) is 46.3 Å². The van der Waals surface area contributed by atoms with Crippen LogP contribution >= 0.6 is 15.9 Å². The molecule has 0 saturated carbocycles. The molecule has 1 aliphatic heterocycles. The van der Waals surface area contributed by atoms with Gasteiger partial charge in [-0.2, -0.15) is 5.26 Å². The first-order valence-electron chi connectivity index (χ1n) is 9.92. The summed E-state index contributed by atoms with van der Waals surface area (Å²) in [5, 5.41) is 9.68. The zero-order valence-corrected chi connectivity index (χ0v) is 18.8. The van der Waals surface area contributed by atoms with Gasteiger partial charge in [0.05, 0.1) is 12.5 Å². The Morgan fingerprint density at radius 3 is 2.62 bits per heavy atom. The summed E-state index contributed by atoms with van der Waals surface area (Å²) >= 11 is 3.43. The lowest BCUT2D eigenvalue weighted by molar-refractivity contribution is 0.0730. The van der Waals surface area contributed by atoms with Crippen LogP contribution in [0.4, 0.5) is 0 Å². The number of esters is 1. The number of halogens is 1. The zero-order chi connectivity index (χ0) is 22.7. The summed E-state index contributed by atoms with van der Waals surface area (Å²) in [6, 6.07) is 21.8. The molecular formula is C25H19BrN2O4. The molecule has 0 bridgehead atoms. The van der Waals surface area contributed by atoms with Gasteiger partial charge in [0.2, 0.25) is 5.88 Å². The van der Waals surface area contributed by atoms with Gasteiger partial charge >= 0.3 is 5.97 Å². The number of carbonyl (C=O) groups excluding carboxylic acids is 1. The zero-order valence-electron chi connectivity index (χ0n) is 17.2. The van der Waals surface area contributed by atoms with Crippen molar-refractivity contribution in [3.63, 3.8) is 0 Å². The quantitative estimate of drug-likeness (QED) is 0.385. The average Bonchev–Trinajstić information content (AvgIpc) is 2.79. The van der Waals surface area contributed by atoms with Gasteiger partial charge in [0.15, 0.2) is 0 Å². The molecule has 6 nitrogen and oxygen atoms in total. The van der Waals surface area contributed by atoms with Crippen LogP contribution < -0.4 is 19.9 Å². The fraction of sp³-hybridized carbons (Fsp3) is 0.120. The lowest BCUT2D eigenvalue weighted by Gasteiger charge is -2.26. The Balaban J connectivity index is 1.67. The SMILES string of the molecule is CCOc1ccccc1C(=O)Oc1ccc2c(c1)OC(N)=C(C#N)C2c1ccc(Br)cc1. The van der Waals surface area contributed by atoms with Gasteiger partial charge < -0.3 is 19.9 Å². The number of nitrogens with zero attached hydrogens (tertiary/aromatic N) is 1. The van der Waals surface area contributed by atoms with Crippen LogP contribution in [0, 0.1) is 11.3 Å². The minimum absolute atomic E-state index is 0.0260. The summed E-state index contributed by atoms with van der Waals surface area (Å²) in [5.41, 5.74) is 8.37. The smallest absolute Gasteiger partial charge is 0.347 e. The van der Waals surface area contributed by atoms with Crippen molar-refractivity contribution in [1.29, 1.82) is 5.26 Å². The van der Waals surface area contributed by atoms with E-state index in [0.29, 0.717) is 35.0 Å². The third-order valence-corrected chi connectivity index (χ3v) is 5.54. The predicted octanol–water partition coefficient (Wildman–Crippen LogP) is 5.29. The summed E-state index contributed by atoms with van der Waals surface area (Å²) in [6.07, 6.45) is 0. The van der Waals surface area contributed by atoms with Crippen LogP contribution in [0.3, 0.4) is 0 Å². The second kappa shape index (κ2) is 9.16. The Kier molecular flexibility index (Phi) is 6.15. The molecule has 1 atom stereocenters. The van der Waals surface area contributed by atoms with E-state index in [-0.39, 0.29) is 11.8 Å². The Morgan fingerprint density at radius 2 is 1.91 bits per heavy atom. The molecule has 1 unspecified atom stereocenters. The molecule has 4 rings (SSSR count). The molecule has 2 N–H and O–H groups in total. The van der Waals surface area contributed by atoms with Crippen LogP contribution in [-0.4, -0.2) is 12.6 Å². The van der Waals surface area contributed by atoms with Crippen molar-refractivity contribution in [3.8, 4) is 23.3 Å². The molecule has 0 aromatic heterocycles. The topological polar surface area (TPSA) is 94.6 Å². The van der Waals surface area contributed by atoms with E-state index in [1.165, 1.54) is 0 Å². The predicted molar refractivity (Wildman–Crippen MR) is 122 cm³/mol. The number of nitriles is 1. The normalized spacial score (nSPS) is 14.7. The molecule has 1 heterocycles. The number of para-hydroxylation sites is 1. The molecule has 0 radical (unpaired) electrons. The molecule has 32 heavy (non-hydrogen) atoms. The Morgan fingerprint density at radius 1 is 1.16 bits per heavy atom. The molecule has 0 aliphatic carbocycles. The summed E-state index contributed by atoms with van der Waals surface area (Å²) in [6.45, 7) is 2.28. The van der Waals surface area contributed by atoms with Crippen LogP contribution in [0.5, 0.6) is 17.2 Å². The van der Waals surface area contributed by atoms with E-state index in [2.05, 4.69) is 22.0 Å². The molecule has 0 fully saturated rings. The maximum absolute atomic E-state index is 12.7. The third kappa shape index (κ3) is 4.18. The standard InChI is InChI=1S/C25H19BrN2O4/c1-2-30-21-6-4-3-5-19(21)25(29)31-17-11-12-18-22(13-17)32-24(28)20(14-27)23(18)15-7-9-16(26)10-8-15/h3-13,23H,2,28H2,1H3. The van der Waals surface area contributed by atoms with E-state index >= 15 is 0 Å². The molecule has 0 spiro atoms. The highest BCUT2D eigenvalue weighted by molar-refractivity contribution is 9.10. The number of hydrogen-bond donors (Lipinski definition) is 1. The molecule has 0 amide bonds. The van der Waals surface area contributed by atoms with E-state index in [4.69, 9.17) is 19.9 Å². The molecule has 160 valence electrons. The van der Waals surface area contributed by atoms with Crippen molar-refractivity contribution < 1.29 is 19.0 Å². The molecule has 1 aliphatic rings. The van der Waals surface area contributed by atoms with Crippen molar-refractivity contribution in [1.82, 2.24) is 0 Å². The van der Waals surface area contributed by atoms with E-state index < -0.39 is 5.97 Å². The minimum Gasteiger partial charge on any atom is -0.493 e. The van der Waals surface area contributed by atoms with Crippen molar-refractivity contribution >= 4 is 21.9 Å². The first-order chi connectivity index (χ1) is 15.5. The van der Waals surface area contributed by atoms with Crippen LogP contribution in [0.2, 0.25) is 0 Å². The Hall–Kier alpha value is -3.76. The second-order valence-corrected chi connectivity index (χ2v) is 7.91. The lowest BCUT2D eigenvalue weighted by atomic mass is 9.83. The van der Waals surface area contributed by atoms with Crippen molar-refractivity contribution in [2.45, 2.75) is 12.8 Å². The molecule has 7 heteroatoms. The number of allylic oxidation sites excluding steroid dienone is 1. The fourth-order valence-electron chi connectivity index (χ4n) is 3.58. The second-order valence-electron chi connectivity index (χ2n) is 6.99. The average molecular weight is 491 g/mol. The Bertz CT molecular complexity index is 1250. The van der Waals surface area contributed by atoms with Gasteiger partial charge in [0.1, 0.15) is 34.5 Å². The van der Waals surface area contributed by atoms with Crippen LogP contribution in [0.15, 0.2) is 82.7 Å². The summed E-state index contributed by atoms with van der Waals surface area (Å²) < 4.78 is 17.7. The maximum Gasteiger partial charge on any atom is 0.347 e. The Labute approximate surface area is 194 Å². The lowest BCUT2D eigenvalue weighted by Crippen LogP contribution is -2.21. The van der Waals surface area contributed by atoms with Crippen molar-refractivity contribution in [2.24, 2.45) is 5.73 Å². The summed E-state index contributed by atoms with van der Waals surface area (Å²) in [7, 11) is 0. The minimum atomic E-state index is -0.546. The van der Waals surface area contributed by atoms with Gasteiger partial charge in [0.25, 0.3) is 0 Å². The highest BCUT2D eigenvalue weighted by Gasteiger charge is 2.31. The number of carbonyl (C=O) groups is 1. The van der Waals surface area contributed by atoms with Gasteiger partial charge in [-0.3, -0.25) is 0 Å². The summed E-state index contributed by atoms with van der Waals surface area (Å²) in [4.78, 5) is 12.7. The largest absolute Gasteiger partial charge is 0.493 e. The van der Waals surface area contributed by atoms with Crippen molar-refractivity contribution in [2.75, 3.05) is 6.61 Å². The monoisotopic (exact) mass is 490 g/mol. The van der Waals surface area contributed by atoms with Crippen molar-refractivity contribution in [3.05, 3.63) is 99.3 Å². The number of ether oxygens (including phenoxy) is 3. The highest BCUT2D eigenvalue weighted by Crippen LogP contribution is 2.43. The molecule has 0 saturated heterocycles. The van der Waals surface area contributed by atoms with E-state index in [1.807, 2.05) is 31.2 Å². The molecular weight excluding hydrogens is 472 g/mol. The van der Waals surface area contributed by atoms with Crippen LogP contribution in [0.1, 0.15) is 34.3 Å². The maximum atomic E-state index is 12.7. The number of nitrogens with two attached hydrogens (primary N) is 1. The first kappa shape index (κ1) is 21.5. The van der Waals surface area contributed by atoms with Gasteiger partial charge in [-0.15, -0.1) is 0 Å². The first-order valence-corrected chi connectivity index (χ1v) is 10.7. The number of hydrogen-bond acceptors (Lipinski definition) is 6. The number of benzene rings is 3. The summed E-state index contributed by atoms with van der Waals surface area (Å²) in [5.74, 6) is 0.268. The molecule has 3 aromatic carbocycles. The van der Waals surface area contributed by atoms with Gasteiger partial charge in [0, 0.05) is 16.1 Å².